The van der Waals surface area contributed by atoms with Crippen LogP contribution in [0.25, 0.3) is 0 Å². The molecule has 0 amide bonds. The monoisotopic (exact) mass is 181 g/mol. The van der Waals surface area contributed by atoms with Crippen molar-refractivity contribution < 1.29 is 0 Å². The van der Waals surface area contributed by atoms with Crippen LogP contribution in [-0.4, -0.2) is 24.5 Å². The highest BCUT2D eigenvalue weighted by Crippen LogP contribution is 2.18. The molecule has 0 bridgehead atoms. The molecule has 0 aromatic rings. The van der Waals surface area contributed by atoms with E-state index in [1.807, 2.05) is 0 Å². The molecule has 1 aliphatic rings. The summed E-state index contributed by atoms with van der Waals surface area (Å²) in [6, 6.07) is 0.827. The van der Waals surface area contributed by atoms with Gasteiger partial charge in [-0.25, -0.2) is 0 Å². The van der Waals surface area contributed by atoms with E-state index in [4.69, 9.17) is 0 Å². The second-order valence-corrected chi connectivity index (χ2v) is 4.30. The molecular weight excluding hydrogens is 158 g/mol. The summed E-state index contributed by atoms with van der Waals surface area (Å²) in [5, 5.41) is 0. The molecule has 1 unspecified atom stereocenters. The van der Waals surface area contributed by atoms with Crippen molar-refractivity contribution in [3.05, 3.63) is 11.6 Å². The summed E-state index contributed by atoms with van der Waals surface area (Å²) >= 11 is 0. The first-order valence-corrected chi connectivity index (χ1v) is 5.60. The molecule has 0 aliphatic carbocycles. The van der Waals surface area contributed by atoms with Crippen molar-refractivity contribution in [3.63, 3.8) is 0 Å². The molecule has 1 aliphatic heterocycles. The summed E-state index contributed by atoms with van der Waals surface area (Å²) in [6.45, 7) is 5.80. The maximum Gasteiger partial charge on any atom is 0.00952 e. The van der Waals surface area contributed by atoms with Crippen molar-refractivity contribution in [1.29, 1.82) is 0 Å². The average molecular weight is 181 g/mol. The van der Waals surface area contributed by atoms with E-state index in [2.05, 4.69) is 31.9 Å². The molecule has 1 nitrogen and oxygen atoms in total. The number of allylic oxidation sites excluding steroid dienone is 1. The zero-order valence-electron chi connectivity index (χ0n) is 9.34. The maximum absolute atomic E-state index is 2.53. The van der Waals surface area contributed by atoms with Crippen LogP contribution < -0.4 is 0 Å². The lowest BCUT2D eigenvalue weighted by Crippen LogP contribution is -2.33. The molecule has 76 valence electrons. The molecule has 0 N–H and O–H groups in total. The average Bonchev–Trinajstić information content (AvgIpc) is 2.10. The summed E-state index contributed by atoms with van der Waals surface area (Å²) in [5.74, 6) is 0. The van der Waals surface area contributed by atoms with Gasteiger partial charge in [0.15, 0.2) is 0 Å². The Morgan fingerprint density at radius 3 is 3.00 bits per heavy atom. The van der Waals surface area contributed by atoms with Crippen LogP contribution in [0.5, 0.6) is 0 Å². The highest BCUT2D eigenvalue weighted by Gasteiger charge is 2.14. The van der Waals surface area contributed by atoms with Crippen molar-refractivity contribution in [2.45, 2.75) is 52.0 Å². The van der Waals surface area contributed by atoms with Crippen LogP contribution in [-0.2, 0) is 0 Å². The fraction of sp³-hybridized carbons (Fsp3) is 0.833. The van der Waals surface area contributed by atoms with Gasteiger partial charge < -0.3 is 4.90 Å². The van der Waals surface area contributed by atoms with Gasteiger partial charge in [0, 0.05) is 12.6 Å². The van der Waals surface area contributed by atoms with Crippen molar-refractivity contribution in [2.75, 3.05) is 13.6 Å². The Hall–Kier alpha value is -0.300. The number of hydrogen-bond acceptors (Lipinski definition) is 1. The largest absolute Gasteiger partial charge is 0.303 e. The van der Waals surface area contributed by atoms with E-state index in [0.29, 0.717) is 0 Å². The van der Waals surface area contributed by atoms with E-state index >= 15 is 0 Å². The van der Waals surface area contributed by atoms with Crippen LogP contribution >= 0.6 is 0 Å². The first kappa shape index (κ1) is 10.8. The first-order chi connectivity index (χ1) is 6.24. The molecule has 1 atom stereocenters. The lowest BCUT2D eigenvalue weighted by Gasteiger charge is -2.29. The van der Waals surface area contributed by atoms with Gasteiger partial charge in [-0.15, -0.1) is 0 Å². The summed E-state index contributed by atoms with van der Waals surface area (Å²) in [6.07, 6.45) is 8.98. The van der Waals surface area contributed by atoms with Gasteiger partial charge in [0.1, 0.15) is 0 Å². The molecule has 0 spiro atoms. The van der Waals surface area contributed by atoms with Gasteiger partial charge in [0.05, 0.1) is 0 Å². The zero-order valence-corrected chi connectivity index (χ0v) is 9.34. The topological polar surface area (TPSA) is 3.24 Å². The fourth-order valence-corrected chi connectivity index (χ4v) is 2.11. The smallest absolute Gasteiger partial charge is 0.00952 e. The highest BCUT2D eigenvalue weighted by atomic mass is 15.1. The lowest BCUT2D eigenvalue weighted by atomic mass is 9.99. The summed E-state index contributed by atoms with van der Waals surface area (Å²) in [5.41, 5.74) is 1.59. The van der Waals surface area contributed by atoms with E-state index in [1.54, 1.807) is 5.57 Å². The van der Waals surface area contributed by atoms with E-state index in [9.17, 15) is 0 Å². The molecular formula is C12H23N. The lowest BCUT2D eigenvalue weighted by molar-refractivity contribution is 0.217. The minimum absolute atomic E-state index is 0.827. The summed E-state index contributed by atoms with van der Waals surface area (Å²) < 4.78 is 0. The number of rotatable bonds is 2. The molecule has 0 aromatic heterocycles. The molecule has 0 radical (unpaired) electrons. The van der Waals surface area contributed by atoms with Crippen molar-refractivity contribution in [2.24, 2.45) is 0 Å². The van der Waals surface area contributed by atoms with Gasteiger partial charge in [-0.3, -0.25) is 0 Å². The molecule has 0 fully saturated rings. The van der Waals surface area contributed by atoms with Crippen LogP contribution in [0, 0.1) is 0 Å². The van der Waals surface area contributed by atoms with Gasteiger partial charge in [-0.05, 0) is 39.7 Å². The SMILES string of the molecule is CCCC1CC/C(C)=C\CCN1C. The third-order valence-corrected chi connectivity index (χ3v) is 3.09. The van der Waals surface area contributed by atoms with Crippen LogP contribution in [0.3, 0.4) is 0 Å². The Morgan fingerprint density at radius 1 is 1.54 bits per heavy atom. The van der Waals surface area contributed by atoms with Gasteiger partial charge >= 0.3 is 0 Å². The molecule has 0 aromatic carbocycles. The Balaban J connectivity index is 2.49. The predicted molar refractivity (Wildman–Crippen MR) is 58.9 cm³/mol. The number of hydrogen-bond donors (Lipinski definition) is 0. The molecule has 0 saturated heterocycles. The Bertz CT molecular complexity index is 172. The standard InChI is InChI=1S/C12H23N/c1-4-6-12-9-8-11(2)7-5-10-13(12)3/h7,12H,4-6,8-10H2,1-3H3/b11-7-. The van der Waals surface area contributed by atoms with E-state index in [0.717, 1.165) is 6.04 Å². The predicted octanol–water partition coefficient (Wildman–Crippen LogP) is 3.22. The van der Waals surface area contributed by atoms with E-state index in [-0.39, 0.29) is 0 Å². The van der Waals surface area contributed by atoms with Crippen molar-refractivity contribution in [1.82, 2.24) is 4.90 Å². The van der Waals surface area contributed by atoms with E-state index < -0.39 is 0 Å². The van der Waals surface area contributed by atoms with Gasteiger partial charge in [-0.1, -0.05) is 25.0 Å². The van der Waals surface area contributed by atoms with Crippen LogP contribution in [0.1, 0.15) is 46.0 Å². The second-order valence-electron chi connectivity index (χ2n) is 4.30. The molecule has 0 saturated carbocycles. The van der Waals surface area contributed by atoms with Gasteiger partial charge in [0.25, 0.3) is 0 Å². The van der Waals surface area contributed by atoms with Crippen molar-refractivity contribution >= 4 is 0 Å². The highest BCUT2D eigenvalue weighted by molar-refractivity contribution is 5.00. The minimum atomic E-state index is 0.827. The summed E-state index contributed by atoms with van der Waals surface area (Å²) in [7, 11) is 2.27. The fourth-order valence-electron chi connectivity index (χ4n) is 2.11. The van der Waals surface area contributed by atoms with Crippen molar-refractivity contribution in [3.8, 4) is 0 Å². The summed E-state index contributed by atoms with van der Waals surface area (Å²) in [4.78, 5) is 2.53. The van der Waals surface area contributed by atoms with E-state index in [1.165, 1.54) is 38.6 Å². The third kappa shape index (κ3) is 3.51. The van der Waals surface area contributed by atoms with Crippen LogP contribution in [0.2, 0.25) is 0 Å². The van der Waals surface area contributed by atoms with Crippen LogP contribution in [0.4, 0.5) is 0 Å². The maximum atomic E-state index is 2.53. The first-order valence-electron chi connectivity index (χ1n) is 5.60. The zero-order chi connectivity index (χ0) is 9.68. The molecule has 13 heavy (non-hydrogen) atoms. The Labute approximate surface area is 82.8 Å². The van der Waals surface area contributed by atoms with Crippen LogP contribution in [0.15, 0.2) is 11.6 Å². The molecule has 1 rings (SSSR count). The third-order valence-electron chi connectivity index (χ3n) is 3.09. The minimum Gasteiger partial charge on any atom is -0.303 e. The van der Waals surface area contributed by atoms with Gasteiger partial charge in [-0.2, -0.15) is 0 Å². The molecule has 1 heteroatoms. The quantitative estimate of drug-likeness (QED) is 0.591. The number of nitrogens with zero attached hydrogens (tertiary/aromatic N) is 1. The Kier molecular flexibility index (Phi) is 4.51. The van der Waals surface area contributed by atoms with Gasteiger partial charge in [0.2, 0.25) is 0 Å². The normalized spacial score (nSPS) is 30.4. The Morgan fingerprint density at radius 2 is 2.31 bits per heavy atom. The second kappa shape index (κ2) is 5.43. The molecule has 1 heterocycles.